The zero-order valence-electron chi connectivity index (χ0n) is 16.2. The van der Waals surface area contributed by atoms with E-state index >= 15 is 0 Å². The summed E-state index contributed by atoms with van der Waals surface area (Å²) < 4.78 is 16.3. The van der Waals surface area contributed by atoms with Gasteiger partial charge in [0, 0.05) is 13.5 Å². The summed E-state index contributed by atoms with van der Waals surface area (Å²) in [5, 5.41) is 2.88. The fraction of sp³-hybridized carbons (Fsp3) is 0.333. The standard InChI is InChI=1S/C21H24N2O5/c1-14(24)23-13-20(28-17-7-5-4-6-16(17)23)21(25)22-11-10-15-8-9-18(26-2)19(12-15)27-3/h4-9,12,20H,10-11,13H2,1-3H3,(H,22,25)/t20-/m1/s1. The van der Waals surface area contributed by atoms with Crippen LogP contribution in [0.15, 0.2) is 42.5 Å². The number of carbonyl (C=O) groups excluding carboxylic acids is 2. The lowest BCUT2D eigenvalue weighted by atomic mass is 10.1. The molecule has 0 aromatic heterocycles. The average Bonchev–Trinajstić information content (AvgIpc) is 2.72. The fourth-order valence-corrected chi connectivity index (χ4v) is 3.15. The van der Waals surface area contributed by atoms with E-state index in [-0.39, 0.29) is 18.4 Å². The Morgan fingerprint density at radius 3 is 2.61 bits per heavy atom. The molecule has 7 nitrogen and oxygen atoms in total. The van der Waals surface area contributed by atoms with Crippen LogP contribution in [0.3, 0.4) is 0 Å². The highest BCUT2D eigenvalue weighted by Crippen LogP contribution is 2.33. The van der Waals surface area contributed by atoms with Crippen LogP contribution in [0.1, 0.15) is 12.5 Å². The second-order valence-electron chi connectivity index (χ2n) is 6.43. The summed E-state index contributed by atoms with van der Waals surface area (Å²) in [6.45, 7) is 2.11. The van der Waals surface area contributed by atoms with E-state index in [2.05, 4.69) is 5.32 Å². The zero-order valence-corrected chi connectivity index (χ0v) is 16.2. The molecule has 1 N–H and O–H groups in total. The minimum atomic E-state index is -0.746. The molecule has 3 rings (SSSR count). The van der Waals surface area contributed by atoms with Gasteiger partial charge in [0.25, 0.3) is 5.91 Å². The molecule has 0 radical (unpaired) electrons. The molecule has 2 aromatic carbocycles. The number of hydrogen-bond acceptors (Lipinski definition) is 5. The molecule has 7 heteroatoms. The second-order valence-corrected chi connectivity index (χ2v) is 6.43. The predicted octanol–water partition coefficient (Wildman–Crippen LogP) is 2.18. The second kappa shape index (κ2) is 8.65. The Kier molecular flexibility index (Phi) is 6.03. The van der Waals surface area contributed by atoms with Crippen LogP contribution in [-0.4, -0.2) is 45.2 Å². The van der Waals surface area contributed by atoms with E-state index in [1.165, 1.54) is 6.92 Å². The predicted molar refractivity (Wildman–Crippen MR) is 105 cm³/mol. The lowest BCUT2D eigenvalue weighted by molar-refractivity contribution is -0.128. The van der Waals surface area contributed by atoms with Crippen LogP contribution in [0.25, 0.3) is 0 Å². The zero-order chi connectivity index (χ0) is 20.1. The van der Waals surface area contributed by atoms with E-state index in [0.717, 1.165) is 5.56 Å². The molecule has 0 aliphatic carbocycles. The van der Waals surface area contributed by atoms with Crippen molar-refractivity contribution in [2.75, 3.05) is 32.2 Å². The first kappa shape index (κ1) is 19.5. The number of benzene rings is 2. The maximum absolute atomic E-state index is 12.6. The maximum Gasteiger partial charge on any atom is 0.262 e. The number of fused-ring (bicyclic) bond motifs is 1. The van der Waals surface area contributed by atoms with Gasteiger partial charge in [-0.25, -0.2) is 0 Å². The van der Waals surface area contributed by atoms with Crippen LogP contribution in [-0.2, 0) is 16.0 Å². The van der Waals surface area contributed by atoms with E-state index < -0.39 is 6.10 Å². The van der Waals surface area contributed by atoms with E-state index in [1.807, 2.05) is 36.4 Å². The third-order valence-electron chi connectivity index (χ3n) is 4.61. The van der Waals surface area contributed by atoms with Crippen molar-refractivity contribution >= 4 is 17.5 Å². The first-order chi connectivity index (χ1) is 13.5. The van der Waals surface area contributed by atoms with Crippen LogP contribution >= 0.6 is 0 Å². The summed E-state index contributed by atoms with van der Waals surface area (Å²) in [7, 11) is 3.17. The van der Waals surface area contributed by atoms with Crippen molar-refractivity contribution in [3.63, 3.8) is 0 Å². The molecule has 0 spiro atoms. The van der Waals surface area contributed by atoms with Crippen molar-refractivity contribution in [3.8, 4) is 17.2 Å². The normalized spacial score (nSPS) is 15.2. The van der Waals surface area contributed by atoms with E-state index in [9.17, 15) is 9.59 Å². The Bertz CT molecular complexity index is 868. The fourth-order valence-electron chi connectivity index (χ4n) is 3.15. The minimum absolute atomic E-state index is 0.126. The minimum Gasteiger partial charge on any atom is -0.493 e. The third-order valence-corrected chi connectivity index (χ3v) is 4.61. The number of amides is 2. The molecule has 2 aromatic rings. The Morgan fingerprint density at radius 1 is 1.14 bits per heavy atom. The first-order valence-corrected chi connectivity index (χ1v) is 9.06. The molecule has 148 valence electrons. The van der Waals surface area contributed by atoms with E-state index in [4.69, 9.17) is 14.2 Å². The number of nitrogens with zero attached hydrogens (tertiary/aromatic N) is 1. The van der Waals surface area contributed by atoms with Gasteiger partial charge in [-0.2, -0.15) is 0 Å². The SMILES string of the molecule is COc1ccc(CCNC(=O)[C@H]2CN(C(C)=O)c3ccccc3O2)cc1OC. The van der Waals surface area contributed by atoms with Crippen LogP contribution in [0.2, 0.25) is 0 Å². The molecule has 28 heavy (non-hydrogen) atoms. The Hall–Kier alpha value is -3.22. The number of carbonyl (C=O) groups is 2. The van der Waals surface area contributed by atoms with Crippen LogP contribution in [0, 0.1) is 0 Å². The molecule has 0 bridgehead atoms. The average molecular weight is 384 g/mol. The summed E-state index contributed by atoms with van der Waals surface area (Å²) in [5.74, 6) is 1.47. The molecule has 1 atom stereocenters. The van der Waals surface area contributed by atoms with E-state index in [1.54, 1.807) is 25.2 Å². The number of para-hydroxylation sites is 2. The number of ether oxygens (including phenoxy) is 3. The number of rotatable bonds is 6. The number of methoxy groups -OCH3 is 2. The van der Waals surface area contributed by atoms with Gasteiger partial charge in [-0.05, 0) is 36.2 Å². The summed E-state index contributed by atoms with van der Waals surface area (Å²) in [4.78, 5) is 26.1. The van der Waals surface area contributed by atoms with Gasteiger partial charge in [0.05, 0.1) is 26.5 Å². The first-order valence-electron chi connectivity index (χ1n) is 9.06. The molecule has 0 saturated carbocycles. The topological polar surface area (TPSA) is 77.1 Å². The summed E-state index contributed by atoms with van der Waals surface area (Å²) in [5.41, 5.74) is 1.70. The molecule has 1 aliphatic heterocycles. The van der Waals surface area contributed by atoms with Gasteiger partial charge in [0.15, 0.2) is 17.6 Å². The Morgan fingerprint density at radius 2 is 1.89 bits per heavy atom. The summed E-state index contributed by atoms with van der Waals surface area (Å²) in [6.07, 6.45) is -0.115. The van der Waals surface area contributed by atoms with Crippen molar-refractivity contribution in [2.45, 2.75) is 19.4 Å². The number of anilines is 1. The van der Waals surface area contributed by atoms with Gasteiger partial charge in [-0.1, -0.05) is 18.2 Å². The molecule has 2 amide bonds. The number of hydrogen-bond donors (Lipinski definition) is 1. The maximum atomic E-state index is 12.6. The van der Waals surface area contributed by atoms with Gasteiger partial charge in [-0.15, -0.1) is 0 Å². The van der Waals surface area contributed by atoms with E-state index in [0.29, 0.717) is 35.9 Å². The number of nitrogens with one attached hydrogen (secondary N) is 1. The van der Waals surface area contributed by atoms with Gasteiger partial charge in [0.1, 0.15) is 5.75 Å². The molecular formula is C21H24N2O5. The molecule has 1 heterocycles. The molecule has 0 fully saturated rings. The van der Waals surface area contributed by atoms with Crippen molar-refractivity contribution in [1.29, 1.82) is 0 Å². The largest absolute Gasteiger partial charge is 0.493 e. The van der Waals surface area contributed by atoms with Gasteiger partial charge < -0.3 is 24.4 Å². The Labute approximate surface area is 164 Å². The van der Waals surface area contributed by atoms with Crippen molar-refractivity contribution < 1.29 is 23.8 Å². The van der Waals surface area contributed by atoms with Crippen LogP contribution in [0.5, 0.6) is 17.2 Å². The van der Waals surface area contributed by atoms with Crippen LogP contribution in [0.4, 0.5) is 5.69 Å². The Balaban J connectivity index is 1.60. The monoisotopic (exact) mass is 384 g/mol. The summed E-state index contributed by atoms with van der Waals surface area (Å²) in [6, 6.07) is 12.9. The third kappa shape index (κ3) is 4.19. The van der Waals surface area contributed by atoms with Gasteiger partial charge in [-0.3, -0.25) is 9.59 Å². The van der Waals surface area contributed by atoms with Crippen LogP contribution < -0.4 is 24.4 Å². The van der Waals surface area contributed by atoms with Crippen molar-refractivity contribution in [1.82, 2.24) is 5.32 Å². The highest BCUT2D eigenvalue weighted by molar-refractivity contribution is 5.95. The van der Waals surface area contributed by atoms with Gasteiger partial charge >= 0.3 is 0 Å². The molecule has 1 aliphatic rings. The summed E-state index contributed by atoms with van der Waals surface area (Å²) >= 11 is 0. The van der Waals surface area contributed by atoms with Crippen molar-refractivity contribution in [2.24, 2.45) is 0 Å². The molecule has 0 unspecified atom stereocenters. The molecule has 0 saturated heterocycles. The lowest BCUT2D eigenvalue weighted by Gasteiger charge is -2.33. The van der Waals surface area contributed by atoms with Crippen molar-refractivity contribution in [3.05, 3.63) is 48.0 Å². The smallest absolute Gasteiger partial charge is 0.262 e. The van der Waals surface area contributed by atoms with Gasteiger partial charge in [0.2, 0.25) is 5.91 Å². The lowest BCUT2D eigenvalue weighted by Crippen LogP contribution is -2.50. The highest BCUT2D eigenvalue weighted by Gasteiger charge is 2.32. The highest BCUT2D eigenvalue weighted by atomic mass is 16.5. The molecular weight excluding hydrogens is 360 g/mol. The quantitative estimate of drug-likeness (QED) is 0.826.